The molecule has 0 bridgehead atoms. The SMILES string of the molecule is CC[CH2][Sn]=[NH]. The first kappa shape index (κ1) is 5.60. The number of nitrogens with one attached hydrogen (secondary N) is 1. The summed E-state index contributed by atoms with van der Waals surface area (Å²) in [5.74, 6) is 0. The summed E-state index contributed by atoms with van der Waals surface area (Å²) in [4.78, 5) is 0. The van der Waals surface area contributed by atoms with Gasteiger partial charge in [-0.15, -0.1) is 0 Å². The van der Waals surface area contributed by atoms with E-state index in [1.807, 2.05) is 0 Å². The Morgan fingerprint density at radius 2 is 2.40 bits per heavy atom. The molecule has 2 heteroatoms. The van der Waals surface area contributed by atoms with Gasteiger partial charge in [-0.3, -0.25) is 0 Å². The molecule has 1 N–H and O–H groups in total. The molecular formula is C3H8NSn. The van der Waals surface area contributed by atoms with Crippen LogP contribution in [0, 0.1) is 3.57 Å². The Labute approximate surface area is 42.7 Å². The van der Waals surface area contributed by atoms with Crippen LogP contribution < -0.4 is 0 Å². The zero-order chi connectivity index (χ0) is 4.12. The first-order chi connectivity index (χ1) is 2.41. The molecule has 0 unspecified atom stereocenters. The van der Waals surface area contributed by atoms with E-state index in [0.29, 0.717) is 0 Å². The van der Waals surface area contributed by atoms with Crippen molar-refractivity contribution in [3.8, 4) is 0 Å². The molecule has 5 heavy (non-hydrogen) atoms. The third-order valence-electron chi connectivity index (χ3n) is 0.375. The second kappa shape index (κ2) is 4.60. The maximum absolute atomic E-state index is 6.77. The second-order valence-electron chi connectivity index (χ2n) is 0.927. The summed E-state index contributed by atoms with van der Waals surface area (Å²) in [5, 5.41) is 0. The standard InChI is InChI=1S/C3H7.HN.Sn/c1-3-2;;/h1,3H2,2H3;1H;. The molecular weight excluding hydrogens is 169 g/mol. The molecule has 0 spiro atoms. The number of hydrogen-bond acceptors (Lipinski definition) is 1. The molecule has 0 heterocycles. The van der Waals surface area contributed by atoms with Crippen LogP contribution in [0.1, 0.15) is 13.3 Å². The van der Waals surface area contributed by atoms with E-state index in [2.05, 4.69) is 6.92 Å². The van der Waals surface area contributed by atoms with Crippen molar-refractivity contribution >= 4 is 21.0 Å². The molecule has 0 aromatic heterocycles. The summed E-state index contributed by atoms with van der Waals surface area (Å²) in [5.41, 5.74) is 0. The van der Waals surface area contributed by atoms with Gasteiger partial charge in [0.05, 0.1) is 0 Å². The fraction of sp³-hybridized carbons (Fsp3) is 1.00. The van der Waals surface area contributed by atoms with Crippen molar-refractivity contribution in [1.29, 1.82) is 3.57 Å². The van der Waals surface area contributed by atoms with E-state index in [4.69, 9.17) is 3.57 Å². The average Bonchev–Trinajstić information content (AvgIpc) is 1.41. The van der Waals surface area contributed by atoms with Crippen molar-refractivity contribution in [2.75, 3.05) is 0 Å². The average molecular weight is 177 g/mol. The molecule has 0 amide bonds. The zero-order valence-corrected chi connectivity index (χ0v) is 6.27. The molecule has 0 saturated carbocycles. The summed E-state index contributed by atoms with van der Waals surface area (Å²) >= 11 is -0.544. The van der Waals surface area contributed by atoms with E-state index in [1.54, 1.807) is 0 Å². The third kappa shape index (κ3) is 4.60. The molecule has 29 valence electrons. The van der Waals surface area contributed by atoms with Crippen LogP contribution in [0.2, 0.25) is 4.44 Å². The summed E-state index contributed by atoms with van der Waals surface area (Å²) in [6.45, 7) is 2.13. The minimum absolute atomic E-state index is 0.544. The Morgan fingerprint density at radius 1 is 1.80 bits per heavy atom. The predicted molar refractivity (Wildman–Crippen MR) is 23.6 cm³/mol. The van der Waals surface area contributed by atoms with Gasteiger partial charge in [-0.1, -0.05) is 0 Å². The van der Waals surface area contributed by atoms with Crippen molar-refractivity contribution in [3.05, 3.63) is 0 Å². The van der Waals surface area contributed by atoms with Gasteiger partial charge in [0, 0.05) is 0 Å². The number of rotatable bonds is 2. The Hall–Kier alpha value is 0.599. The van der Waals surface area contributed by atoms with Gasteiger partial charge in [-0.05, 0) is 0 Å². The van der Waals surface area contributed by atoms with E-state index in [9.17, 15) is 0 Å². The Morgan fingerprint density at radius 3 is 2.40 bits per heavy atom. The van der Waals surface area contributed by atoms with E-state index in [-0.39, 0.29) is 0 Å². The molecule has 1 radical (unpaired) electrons. The van der Waals surface area contributed by atoms with Crippen LogP contribution in [-0.2, 0) is 0 Å². The second-order valence-corrected chi connectivity index (χ2v) is 3.36. The van der Waals surface area contributed by atoms with E-state index in [1.165, 1.54) is 10.9 Å². The molecule has 0 aromatic rings. The first-order valence-corrected chi connectivity index (χ1v) is 5.26. The summed E-state index contributed by atoms with van der Waals surface area (Å²) in [6, 6.07) is 0. The maximum atomic E-state index is 6.77. The molecule has 1 nitrogen and oxygen atoms in total. The molecule has 0 atom stereocenters. The Bertz CT molecular complexity index is 28.1. The van der Waals surface area contributed by atoms with Crippen molar-refractivity contribution in [3.63, 3.8) is 0 Å². The van der Waals surface area contributed by atoms with Gasteiger partial charge < -0.3 is 0 Å². The van der Waals surface area contributed by atoms with Crippen LogP contribution in [0.3, 0.4) is 0 Å². The number of hydrogen-bond donors (Lipinski definition) is 1. The fourth-order valence-corrected chi connectivity index (χ4v) is 0.839. The summed E-state index contributed by atoms with van der Waals surface area (Å²) in [7, 11) is 0. The van der Waals surface area contributed by atoms with Crippen molar-refractivity contribution in [2.45, 2.75) is 17.8 Å². The van der Waals surface area contributed by atoms with Crippen LogP contribution in [0.15, 0.2) is 0 Å². The fourth-order valence-electron chi connectivity index (χ4n) is 0.125. The minimum atomic E-state index is -0.544. The van der Waals surface area contributed by atoms with Gasteiger partial charge in [0.15, 0.2) is 0 Å². The molecule has 0 aliphatic heterocycles. The topological polar surface area (TPSA) is 23.9 Å². The molecule has 0 aliphatic rings. The summed E-state index contributed by atoms with van der Waals surface area (Å²) in [6.07, 6.45) is 1.23. The van der Waals surface area contributed by atoms with Crippen LogP contribution in [0.4, 0.5) is 0 Å². The van der Waals surface area contributed by atoms with E-state index in [0.717, 1.165) is 0 Å². The zero-order valence-electron chi connectivity index (χ0n) is 3.41. The Balaban J connectivity index is 2.40. The van der Waals surface area contributed by atoms with E-state index < -0.39 is 21.0 Å². The van der Waals surface area contributed by atoms with Gasteiger partial charge in [0.25, 0.3) is 0 Å². The van der Waals surface area contributed by atoms with Crippen LogP contribution >= 0.6 is 0 Å². The van der Waals surface area contributed by atoms with Crippen LogP contribution in [0.25, 0.3) is 0 Å². The van der Waals surface area contributed by atoms with E-state index >= 15 is 0 Å². The van der Waals surface area contributed by atoms with Gasteiger partial charge in [0.1, 0.15) is 0 Å². The first-order valence-electron chi connectivity index (χ1n) is 1.81. The molecule has 0 rings (SSSR count). The van der Waals surface area contributed by atoms with Crippen molar-refractivity contribution in [2.24, 2.45) is 0 Å². The molecule has 0 saturated heterocycles. The van der Waals surface area contributed by atoms with Crippen molar-refractivity contribution in [1.82, 2.24) is 0 Å². The molecule has 0 aromatic carbocycles. The predicted octanol–water partition coefficient (Wildman–Crippen LogP) is 1.28. The Kier molecular flexibility index (Phi) is 5.15. The van der Waals surface area contributed by atoms with Gasteiger partial charge in [0.2, 0.25) is 0 Å². The molecule has 0 fully saturated rings. The van der Waals surface area contributed by atoms with Gasteiger partial charge in [-0.25, -0.2) is 0 Å². The monoisotopic (exact) mass is 178 g/mol. The van der Waals surface area contributed by atoms with Crippen molar-refractivity contribution < 1.29 is 0 Å². The quantitative estimate of drug-likeness (QED) is 0.614. The third-order valence-corrected chi connectivity index (χ3v) is 2.52. The summed E-state index contributed by atoms with van der Waals surface area (Å²) < 4.78 is 8.00. The van der Waals surface area contributed by atoms with Crippen LogP contribution in [0.5, 0.6) is 0 Å². The van der Waals surface area contributed by atoms with Gasteiger partial charge in [-0.2, -0.15) is 0 Å². The molecule has 0 aliphatic carbocycles. The van der Waals surface area contributed by atoms with Crippen LogP contribution in [-0.4, -0.2) is 21.0 Å². The normalized spacial score (nSPS) is 7.40. The van der Waals surface area contributed by atoms with Gasteiger partial charge >= 0.3 is 42.3 Å².